The van der Waals surface area contributed by atoms with Crippen LogP contribution in [0.15, 0.2) is 92.9 Å². The summed E-state index contributed by atoms with van der Waals surface area (Å²) in [5.41, 5.74) is 9.59. The molecule has 0 bridgehead atoms. The highest BCUT2D eigenvalue weighted by atomic mass is 16.5. The van der Waals surface area contributed by atoms with Gasteiger partial charge in [0.2, 0.25) is 5.78 Å². The lowest BCUT2D eigenvalue weighted by Crippen LogP contribution is -2.19. The van der Waals surface area contributed by atoms with E-state index in [9.17, 15) is 9.59 Å². The van der Waals surface area contributed by atoms with Gasteiger partial charge in [-0.2, -0.15) is 0 Å². The summed E-state index contributed by atoms with van der Waals surface area (Å²) in [5.74, 6) is -0.184. The van der Waals surface area contributed by atoms with Gasteiger partial charge >= 0.3 is 0 Å². The molecule has 0 heterocycles. The van der Waals surface area contributed by atoms with E-state index in [1.54, 1.807) is 6.92 Å². The number of allylic oxidation sites excluding steroid dienone is 15. The Labute approximate surface area is 251 Å². The zero-order chi connectivity index (χ0) is 30.8. The molecule has 0 aromatic carbocycles. The predicted octanol–water partition coefficient (Wildman–Crippen LogP) is 11.0. The standard InChI is InChI=1S/C38H56O3/c1-28(2)15-10-16-29(3)17-11-18-30(4)19-12-20-31(5)21-13-22-32(6)23-14-24-33(7)25-26-35-34(8)36(39)27-37(41-9)38(35)40/h15,17,19,21,23,25,27H,10-14,16,18,20,22,24,26H2,1-9H3. The minimum Gasteiger partial charge on any atom is -0.493 e. The molecule has 0 saturated carbocycles. The maximum atomic E-state index is 12.5. The molecule has 0 spiro atoms. The Balaban J connectivity index is 2.35. The average molecular weight is 561 g/mol. The number of hydrogen-bond donors (Lipinski definition) is 0. The highest BCUT2D eigenvalue weighted by Crippen LogP contribution is 2.24. The Kier molecular flexibility index (Phi) is 17.6. The van der Waals surface area contributed by atoms with E-state index in [1.807, 2.05) is 0 Å². The summed E-state index contributed by atoms with van der Waals surface area (Å²) in [5, 5.41) is 0. The van der Waals surface area contributed by atoms with Crippen molar-refractivity contribution in [3.8, 4) is 0 Å². The van der Waals surface area contributed by atoms with Crippen molar-refractivity contribution in [2.75, 3.05) is 7.11 Å². The van der Waals surface area contributed by atoms with E-state index < -0.39 is 0 Å². The molecular weight excluding hydrogens is 504 g/mol. The van der Waals surface area contributed by atoms with Crippen molar-refractivity contribution in [2.45, 2.75) is 126 Å². The molecule has 3 heteroatoms. The van der Waals surface area contributed by atoms with Gasteiger partial charge in [-0.05, 0) is 126 Å². The number of rotatable bonds is 18. The summed E-state index contributed by atoms with van der Waals surface area (Å²) in [6, 6.07) is 0. The van der Waals surface area contributed by atoms with Crippen LogP contribution >= 0.6 is 0 Å². The Morgan fingerprint density at radius 3 is 1.34 bits per heavy atom. The Bertz CT molecular complexity index is 1140. The van der Waals surface area contributed by atoms with Gasteiger partial charge in [0.25, 0.3) is 0 Å². The Hall–Kier alpha value is -2.94. The number of methoxy groups -OCH3 is 1. The molecule has 1 rings (SSSR count). The maximum absolute atomic E-state index is 12.5. The zero-order valence-electron chi connectivity index (χ0n) is 27.5. The first-order valence-corrected chi connectivity index (χ1v) is 15.4. The van der Waals surface area contributed by atoms with Gasteiger partial charge in [-0.15, -0.1) is 0 Å². The van der Waals surface area contributed by atoms with Crippen molar-refractivity contribution in [3.05, 3.63) is 92.9 Å². The topological polar surface area (TPSA) is 43.4 Å². The normalized spacial score (nSPS) is 15.9. The van der Waals surface area contributed by atoms with E-state index in [-0.39, 0.29) is 17.3 Å². The van der Waals surface area contributed by atoms with Crippen LogP contribution in [0.5, 0.6) is 0 Å². The van der Waals surface area contributed by atoms with E-state index in [1.165, 1.54) is 53.0 Å². The van der Waals surface area contributed by atoms with Crippen LogP contribution in [0.3, 0.4) is 0 Å². The molecule has 1 aliphatic rings. The fourth-order valence-electron chi connectivity index (χ4n) is 4.72. The molecule has 0 aromatic rings. The highest BCUT2D eigenvalue weighted by Gasteiger charge is 2.25. The quantitative estimate of drug-likeness (QED) is 0.124. The van der Waals surface area contributed by atoms with Crippen LogP contribution in [0.4, 0.5) is 0 Å². The Morgan fingerprint density at radius 2 is 0.976 bits per heavy atom. The lowest BCUT2D eigenvalue weighted by Gasteiger charge is -2.15. The van der Waals surface area contributed by atoms with Crippen LogP contribution in [0.25, 0.3) is 0 Å². The summed E-state index contributed by atoms with van der Waals surface area (Å²) < 4.78 is 5.08. The highest BCUT2D eigenvalue weighted by molar-refractivity contribution is 6.21. The molecule has 1 aliphatic carbocycles. The van der Waals surface area contributed by atoms with E-state index in [0.29, 0.717) is 17.6 Å². The molecule has 0 amide bonds. The lowest BCUT2D eigenvalue weighted by molar-refractivity contribution is -0.118. The first-order chi connectivity index (χ1) is 19.4. The number of ether oxygens (including phenoxy) is 1. The van der Waals surface area contributed by atoms with Gasteiger partial charge in [-0.1, -0.05) is 69.9 Å². The fourth-order valence-corrected chi connectivity index (χ4v) is 4.72. The molecule has 0 unspecified atom stereocenters. The van der Waals surface area contributed by atoms with Crippen molar-refractivity contribution in [3.63, 3.8) is 0 Å². The number of carbonyl (C=O) groups excluding carboxylic acids is 2. The van der Waals surface area contributed by atoms with Gasteiger partial charge in [0.1, 0.15) is 0 Å². The second kappa shape index (κ2) is 20.0. The predicted molar refractivity (Wildman–Crippen MR) is 177 cm³/mol. The number of Topliss-reactive ketones (excluding diaryl/α,β-unsaturated/α-hetero) is 1. The SMILES string of the molecule is COC1=CC(=O)C(C)=C(CC=C(C)CCC=C(C)CCC=C(C)CCC=C(C)CCC=C(C)CCC=C(C)C)C1=O. The third kappa shape index (κ3) is 15.6. The molecule has 3 nitrogen and oxygen atoms in total. The van der Waals surface area contributed by atoms with Crippen LogP contribution in [0.1, 0.15) is 126 Å². The molecule has 226 valence electrons. The summed E-state index contributed by atoms with van der Waals surface area (Å²) in [4.78, 5) is 24.6. The molecule has 41 heavy (non-hydrogen) atoms. The monoisotopic (exact) mass is 560 g/mol. The maximum Gasteiger partial charge on any atom is 0.224 e. The summed E-state index contributed by atoms with van der Waals surface area (Å²) >= 11 is 0. The molecule has 0 radical (unpaired) electrons. The summed E-state index contributed by atoms with van der Waals surface area (Å²) in [7, 11) is 1.43. The zero-order valence-corrected chi connectivity index (χ0v) is 27.5. The van der Waals surface area contributed by atoms with Gasteiger partial charge in [0.05, 0.1) is 7.11 Å². The molecule has 0 N–H and O–H groups in total. The van der Waals surface area contributed by atoms with Gasteiger partial charge in [-0.25, -0.2) is 0 Å². The smallest absolute Gasteiger partial charge is 0.224 e. The van der Waals surface area contributed by atoms with Crippen LogP contribution in [-0.4, -0.2) is 18.7 Å². The van der Waals surface area contributed by atoms with Crippen molar-refractivity contribution in [1.29, 1.82) is 0 Å². The van der Waals surface area contributed by atoms with Crippen molar-refractivity contribution < 1.29 is 14.3 Å². The van der Waals surface area contributed by atoms with Gasteiger partial charge in [0.15, 0.2) is 11.5 Å². The van der Waals surface area contributed by atoms with Crippen molar-refractivity contribution >= 4 is 11.6 Å². The number of ketones is 2. The van der Waals surface area contributed by atoms with Crippen LogP contribution < -0.4 is 0 Å². The van der Waals surface area contributed by atoms with E-state index >= 15 is 0 Å². The minimum absolute atomic E-state index is 0.135. The average Bonchev–Trinajstić information content (AvgIpc) is 2.90. The van der Waals surface area contributed by atoms with E-state index in [4.69, 9.17) is 4.74 Å². The molecule has 0 saturated heterocycles. The first-order valence-electron chi connectivity index (χ1n) is 15.4. The minimum atomic E-state index is -0.178. The number of carbonyl (C=O) groups is 2. The summed E-state index contributed by atoms with van der Waals surface area (Å²) in [6.07, 6.45) is 26.7. The fraction of sp³-hybridized carbons (Fsp3) is 0.526. The second-order valence-electron chi connectivity index (χ2n) is 11.9. The van der Waals surface area contributed by atoms with Crippen LogP contribution in [0.2, 0.25) is 0 Å². The second-order valence-corrected chi connectivity index (χ2v) is 11.9. The molecule has 0 atom stereocenters. The Morgan fingerprint density at radius 1 is 0.610 bits per heavy atom. The van der Waals surface area contributed by atoms with Gasteiger partial charge < -0.3 is 4.74 Å². The van der Waals surface area contributed by atoms with Gasteiger partial charge in [0, 0.05) is 17.2 Å². The van der Waals surface area contributed by atoms with Gasteiger partial charge in [-0.3, -0.25) is 9.59 Å². The van der Waals surface area contributed by atoms with Crippen molar-refractivity contribution in [1.82, 2.24) is 0 Å². The van der Waals surface area contributed by atoms with Crippen LogP contribution in [-0.2, 0) is 14.3 Å². The lowest BCUT2D eigenvalue weighted by atomic mass is 9.91. The third-order valence-corrected chi connectivity index (χ3v) is 7.67. The molecular formula is C38H56O3. The van der Waals surface area contributed by atoms with E-state index in [2.05, 4.69) is 84.9 Å². The molecule has 0 aliphatic heterocycles. The third-order valence-electron chi connectivity index (χ3n) is 7.67. The number of hydrogen-bond acceptors (Lipinski definition) is 3. The first kappa shape index (κ1) is 36.1. The van der Waals surface area contributed by atoms with Crippen LogP contribution in [0, 0.1) is 0 Å². The van der Waals surface area contributed by atoms with Crippen molar-refractivity contribution in [2.24, 2.45) is 0 Å². The molecule has 0 aromatic heterocycles. The largest absolute Gasteiger partial charge is 0.493 e. The van der Waals surface area contributed by atoms with E-state index in [0.717, 1.165) is 57.8 Å². The summed E-state index contributed by atoms with van der Waals surface area (Å²) in [6.45, 7) is 17.1. The molecule has 0 fully saturated rings.